The summed E-state index contributed by atoms with van der Waals surface area (Å²) in [5.74, 6) is 0. The molecule has 0 radical (unpaired) electrons. The van der Waals surface area contributed by atoms with Crippen LogP contribution in [-0.2, 0) is 11.3 Å². The van der Waals surface area contributed by atoms with E-state index in [1.165, 1.54) is 13.4 Å². The van der Waals surface area contributed by atoms with E-state index in [1.807, 2.05) is 37.3 Å². The lowest BCUT2D eigenvalue weighted by Gasteiger charge is -2.11. The summed E-state index contributed by atoms with van der Waals surface area (Å²) < 4.78 is 6.34. The quantitative estimate of drug-likeness (QED) is 0.746. The Balaban J connectivity index is 1.67. The summed E-state index contributed by atoms with van der Waals surface area (Å²) in [6.45, 7) is 2.71. The summed E-state index contributed by atoms with van der Waals surface area (Å²) in [5, 5.41) is 10.1. The number of amides is 1. The Bertz CT molecular complexity index is 862. The standard InChI is InChI=1S/C18H19N5O2/c1-13-8-14(6-7-17(13)23-12-19-11-21-23)10-20-15-4-3-5-16(9-15)22-18(24)25-2/h3-9,11-12,20H,10H2,1-2H3,(H,22,24). The number of hydrogen-bond acceptors (Lipinski definition) is 5. The third-order valence-electron chi connectivity index (χ3n) is 3.72. The number of nitrogens with one attached hydrogen (secondary N) is 2. The minimum Gasteiger partial charge on any atom is -0.453 e. The number of rotatable bonds is 5. The fourth-order valence-electron chi connectivity index (χ4n) is 2.50. The van der Waals surface area contributed by atoms with Crippen molar-refractivity contribution in [2.45, 2.75) is 13.5 Å². The molecule has 7 nitrogen and oxygen atoms in total. The Kier molecular flexibility index (Phi) is 4.94. The number of methoxy groups -OCH3 is 1. The first-order valence-electron chi connectivity index (χ1n) is 7.79. The molecule has 25 heavy (non-hydrogen) atoms. The van der Waals surface area contributed by atoms with Crippen LogP contribution in [0.3, 0.4) is 0 Å². The second-order valence-corrected chi connectivity index (χ2v) is 5.51. The number of carbonyl (C=O) groups is 1. The lowest BCUT2D eigenvalue weighted by Crippen LogP contribution is -2.11. The number of benzene rings is 2. The van der Waals surface area contributed by atoms with Gasteiger partial charge in [0.2, 0.25) is 0 Å². The van der Waals surface area contributed by atoms with Crippen LogP contribution in [0.25, 0.3) is 5.69 Å². The van der Waals surface area contributed by atoms with Crippen LogP contribution >= 0.6 is 0 Å². The smallest absolute Gasteiger partial charge is 0.411 e. The Morgan fingerprint density at radius 3 is 2.76 bits per heavy atom. The monoisotopic (exact) mass is 337 g/mol. The van der Waals surface area contributed by atoms with E-state index < -0.39 is 6.09 Å². The van der Waals surface area contributed by atoms with Gasteiger partial charge >= 0.3 is 6.09 Å². The summed E-state index contributed by atoms with van der Waals surface area (Å²) in [4.78, 5) is 15.2. The molecule has 1 amide bonds. The molecule has 128 valence electrons. The van der Waals surface area contributed by atoms with Gasteiger partial charge in [0.25, 0.3) is 0 Å². The van der Waals surface area contributed by atoms with Gasteiger partial charge in [-0.25, -0.2) is 14.5 Å². The molecule has 0 unspecified atom stereocenters. The number of nitrogens with zero attached hydrogens (tertiary/aromatic N) is 3. The maximum absolute atomic E-state index is 11.3. The zero-order chi connectivity index (χ0) is 17.6. The van der Waals surface area contributed by atoms with Gasteiger partial charge in [-0.1, -0.05) is 18.2 Å². The van der Waals surface area contributed by atoms with Gasteiger partial charge < -0.3 is 10.1 Å². The molecule has 0 spiro atoms. The largest absolute Gasteiger partial charge is 0.453 e. The molecule has 0 saturated heterocycles. The van der Waals surface area contributed by atoms with Crippen molar-refractivity contribution >= 4 is 17.5 Å². The topological polar surface area (TPSA) is 81.1 Å². The van der Waals surface area contributed by atoms with Crippen LogP contribution in [0.4, 0.5) is 16.2 Å². The Labute approximate surface area is 145 Å². The summed E-state index contributed by atoms with van der Waals surface area (Å²) in [6, 6.07) is 13.7. The molecule has 0 aliphatic carbocycles. The molecule has 0 bridgehead atoms. The van der Waals surface area contributed by atoms with Crippen molar-refractivity contribution in [2.75, 3.05) is 17.7 Å². The molecule has 0 fully saturated rings. The van der Waals surface area contributed by atoms with Crippen LogP contribution in [0.2, 0.25) is 0 Å². The molecule has 2 aromatic carbocycles. The Hall–Kier alpha value is -3.35. The summed E-state index contributed by atoms with van der Waals surface area (Å²) >= 11 is 0. The second kappa shape index (κ2) is 7.48. The molecule has 3 aromatic rings. The van der Waals surface area contributed by atoms with Crippen molar-refractivity contribution in [1.29, 1.82) is 0 Å². The van der Waals surface area contributed by atoms with Gasteiger partial charge in [-0.2, -0.15) is 5.10 Å². The average molecular weight is 337 g/mol. The highest BCUT2D eigenvalue weighted by Crippen LogP contribution is 2.18. The molecule has 0 aliphatic rings. The van der Waals surface area contributed by atoms with Crippen LogP contribution in [0, 0.1) is 6.92 Å². The fraction of sp³-hybridized carbons (Fsp3) is 0.167. The second-order valence-electron chi connectivity index (χ2n) is 5.51. The minimum atomic E-state index is -0.489. The molecule has 3 rings (SSSR count). The van der Waals surface area contributed by atoms with E-state index in [-0.39, 0.29) is 0 Å². The first-order valence-corrected chi connectivity index (χ1v) is 7.79. The lowest BCUT2D eigenvalue weighted by atomic mass is 10.1. The fourth-order valence-corrected chi connectivity index (χ4v) is 2.50. The van der Waals surface area contributed by atoms with Crippen molar-refractivity contribution < 1.29 is 9.53 Å². The SMILES string of the molecule is COC(=O)Nc1cccc(NCc2ccc(-n3cncn3)c(C)c2)c1. The molecule has 1 aromatic heterocycles. The number of aromatic nitrogens is 3. The molecule has 0 atom stereocenters. The molecule has 0 aliphatic heterocycles. The molecular weight excluding hydrogens is 318 g/mol. The normalized spacial score (nSPS) is 10.3. The molecule has 1 heterocycles. The van der Waals surface area contributed by atoms with E-state index in [1.54, 1.807) is 17.1 Å². The van der Waals surface area contributed by atoms with Crippen LogP contribution in [0.1, 0.15) is 11.1 Å². The van der Waals surface area contributed by atoms with E-state index >= 15 is 0 Å². The van der Waals surface area contributed by atoms with Gasteiger partial charge in [0.15, 0.2) is 0 Å². The number of carbonyl (C=O) groups excluding carboxylic acids is 1. The first-order chi connectivity index (χ1) is 12.2. The maximum atomic E-state index is 11.3. The number of aryl methyl sites for hydroxylation is 1. The van der Waals surface area contributed by atoms with Crippen molar-refractivity contribution in [3.63, 3.8) is 0 Å². The molecular formula is C18H19N5O2. The predicted molar refractivity (Wildman–Crippen MR) is 95.9 cm³/mol. The predicted octanol–water partition coefficient (Wildman–Crippen LogP) is 3.37. The van der Waals surface area contributed by atoms with E-state index in [9.17, 15) is 4.79 Å². The average Bonchev–Trinajstić information content (AvgIpc) is 3.14. The van der Waals surface area contributed by atoms with Crippen LogP contribution in [0.5, 0.6) is 0 Å². The van der Waals surface area contributed by atoms with Crippen LogP contribution < -0.4 is 10.6 Å². The third-order valence-corrected chi connectivity index (χ3v) is 3.72. The number of ether oxygens (including phenoxy) is 1. The van der Waals surface area contributed by atoms with Crippen molar-refractivity contribution in [2.24, 2.45) is 0 Å². The van der Waals surface area contributed by atoms with Gasteiger partial charge in [0.05, 0.1) is 12.8 Å². The van der Waals surface area contributed by atoms with Gasteiger partial charge in [-0.15, -0.1) is 0 Å². The highest BCUT2D eigenvalue weighted by molar-refractivity contribution is 5.85. The van der Waals surface area contributed by atoms with Crippen molar-refractivity contribution in [1.82, 2.24) is 14.8 Å². The maximum Gasteiger partial charge on any atom is 0.411 e. The summed E-state index contributed by atoms with van der Waals surface area (Å²) in [6.07, 6.45) is 2.71. The van der Waals surface area contributed by atoms with Crippen LogP contribution in [0.15, 0.2) is 55.1 Å². The number of hydrogen-bond donors (Lipinski definition) is 2. The molecule has 0 saturated carbocycles. The summed E-state index contributed by atoms with van der Waals surface area (Å²) in [5.41, 5.74) is 4.85. The van der Waals surface area contributed by atoms with Gasteiger partial charge in [-0.05, 0) is 42.3 Å². The van der Waals surface area contributed by atoms with Gasteiger partial charge in [0.1, 0.15) is 12.7 Å². The van der Waals surface area contributed by atoms with Gasteiger partial charge in [0, 0.05) is 17.9 Å². The number of anilines is 2. The zero-order valence-electron chi connectivity index (χ0n) is 14.1. The van der Waals surface area contributed by atoms with Crippen LogP contribution in [-0.4, -0.2) is 28.0 Å². The molecule has 2 N–H and O–H groups in total. The third kappa shape index (κ3) is 4.14. The minimum absolute atomic E-state index is 0.489. The van der Waals surface area contributed by atoms with E-state index in [0.29, 0.717) is 12.2 Å². The first kappa shape index (κ1) is 16.5. The van der Waals surface area contributed by atoms with Crippen molar-refractivity contribution in [3.8, 4) is 5.69 Å². The highest BCUT2D eigenvalue weighted by Gasteiger charge is 2.04. The van der Waals surface area contributed by atoms with E-state index in [4.69, 9.17) is 0 Å². The Morgan fingerprint density at radius 1 is 1.20 bits per heavy atom. The van der Waals surface area contributed by atoms with Crippen molar-refractivity contribution in [3.05, 3.63) is 66.2 Å². The Morgan fingerprint density at radius 2 is 2.04 bits per heavy atom. The lowest BCUT2D eigenvalue weighted by molar-refractivity contribution is 0.187. The highest BCUT2D eigenvalue weighted by atomic mass is 16.5. The van der Waals surface area contributed by atoms with Gasteiger partial charge in [-0.3, -0.25) is 5.32 Å². The zero-order valence-corrected chi connectivity index (χ0v) is 14.1. The van der Waals surface area contributed by atoms with E-state index in [2.05, 4.69) is 31.5 Å². The molecule has 7 heteroatoms. The van der Waals surface area contributed by atoms with E-state index in [0.717, 1.165) is 22.5 Å². The summed E-state index contributed by atoms with van der Waals surface area (Å²) in [7, 11) is 1.34.